The maximum atomic E-state index is 13.8. The monoisotopic (exact) mass is 383 g/mol. The molecule has 1 aliphatic carbocycles. The third kappa shape index (κ3) is 4.67. The fourth-order valence-electron chi connectivity index (χ4n) is 2.83. The van der Waals surface area contributed by atoms with Crippen LogP contribution in [0.5, 0.6) is 0 Å². The first kappa shape index (κ1) is 18.1. The highest BCUT2D eigenvalue weighted by Gasteiger charge is 2.36. The fourth-order valence-corrected chi connectivity index (χ4v) is 3.43. The first-order chi connectivity index (χ1) is 12.0. The largest absolute Gasteiger partial charge is 0.456 e. The number of esters is 1. The Bertz CT molecular complexity index is 688. The molecular weight excluding hydrogens is 365 g/mol. The number of alkyl halides is 2. The highest BCUT2D eigenvalue weighted by atomic mass is 35.5. The van der Waals surface area contributed by atoms with Crippen LogP contribution in [0.2, 0.25) is 0 Å². The Morgan fingerprint density at radius 1 is 1.44 bits per heavy atom. The van der Waals surface area contributed by atoms with Crippen molar-refractivity contribution >= 4 is 46.8 Å². The molecule has 134 valence electrons. The molecular formula is C17H19ClFN3O2S. The number of thiocarbonyl (C=S) groups is 1. The number of rotatable bonds is 3. The van der Waals surface area contributed by atoms with Gasteiger partial charge in [0.1, 0.15) is 12.3 Å². The molecule has 5 nitrogen and oxygen atoms in total. The third-order valence-electron chi connectivity index (χ3n) is 4.14. The van der Waals surface area contributed by atoms with Crippen molar-refractivity contribution in [3.8, 4) is 0 Å². The van der Waals surface area contributed by atoms with Gasteiger partial charge >= 0.3 is 5.97 Å². The van der Waals surface area contributed by atoms with Gasteiger partial charge in [-0.15, -0.1) is 11.6 Å². The summed E-state index contributed by atoms with van der Waals surface area (Å²) < 4.78 is 19.0. The van der Waals surface area contributed by atoms with Crippen molar-refractivity contribution in [1.29, 1.82) is 0 Å². The topological polar surface area (TPSA) is 53.9 Å². The Labute approximate surface area is 156 Å². The summed E-state index contributed by atoms with van der Waals surface area (Å²) in [6.07, 6.45) is 2.32. The van der Waals surface area contributed by atoms with Crippen LogP contribution in [0.1, 0.15) is 36.0 Å². The van der Waals surface area contributed by atoms with Gasteiger partial charge in [-0.3, -0.25) is 0 Å². The zero-order chi connectivity index (χ0) is 17.8. The molecule has 0 saturated heterocycles. The third-order valence-corrected chi connectivity index (χ3v) is 4.81. The van der Waals surface area contributed by atoms with Crippen LogP contribution in [0.15, 0.2) is 29.4 Å². The van der Waals surface area contributed by atoms with E-state index in [2.05, 4.69) is 10.4 Å². The van der Waals surface area contributed by atoms with Crippen molar-refractivity contribution in [1.82, 2.24) is 5.01 Å². The van der Waals surface area contributed by atoms with Crippen LogP contribution >= 0.6 is 23.8 Å². The molecule has 1 aromatic carbocycles. The average Bonchev–Trinajstić information content (AvgIpc) is 2.93. The minimum Gasteiger partial charge on any atom is -0.456 e. The van der Waals surface area contributed by atoms with Crippen LogP contribution in [-0.4, -0.2) is 46.5 Å². The van der Waals surface area contributed by atoms with Gasteiger partial charge in [0.25, 0.3) is 0 Å². The first-order valence-corrected chi connectivity index (χ1v) is 9.07. The van der Waals surface area contributed by atoms with E-state index in [0.717, 1.165) is 19.4 Å². The fraction of sp³-hybridized carbons (Fsp3) is 0.471. The molecule has 1 aliphatic heterocycles. The number of nitrogens with zero attached hydrogens (tertiary/aromatic N) is 2. The number of nitrogens with one attached hydrogen (secondary N) is 1. The molecule has 1 aromatic rings. The normalized spacial score (nSPS) is 25.7. The number of anilines is 1. The molecule has 0 aromatic heterocycles. The zero-order valence-corrected chi connectivity index (χ0v) is 15.1. The average molecular weight is 384 g/mol. The highest BCUT2D eigenvalue weighted by Crippen LogP contribution is 2.30. The number of ether oxygens (including phenoxy) is 1. The standard InChI is InChI=1S/C17H19ClFN3O2S/c18-12-9-14(19)15(10-12)24-16(23)11-4-3-5-13(8-11)21-17(25)22-7-2-1-6-20-22/h3-6,8,12,14-15H,1-2,7,9-10H2,(H,21,25). The van der Waals surface area contributed by atoms with Gasteiger partial charge in [0, 0.05) is 30.2 Å². The lowest BCUT2D eigenvalue weighted by Gasteiger charge is -2.23. The second-order valence-electron chi connectivity index (χ2n) is 6.10. The number of halogens is 2. The quantitative estimate of drug-likeness (QED) is 0.489. The van der Waals surface area contributed by atoms with Crippen LogP contribution in [-0.2, 0) is 4.74 Å². The molecule has 2 aliphatic rings. The Morgan fingerprint density at radius 2 is 2.28 bits per heavy atom. The lowest BCUT2D eigenvalue weighted by Crippen LogP contribution is -2.33. The van der Waals surface area contributed by atoms with Crippen molar-refractivity contribution in [3.63, 3.8) is 0 Å². The predicted octanol–water partition coefficient (Wildman–Crippen LogP) is 3.73. The van der Waals surface area contributed by atoms with Crippen molar-refractivity contribution in [2.45, 2.75) is 43.3 Å². The van der Waals surface area contributed by atoms with Crippen molar-refractivity contribution in [2.75, 3.05) is 11.9 Å². The summed E-state index contributed by atoms with van der Waals surface area (Å²) >= 11 is 11.2. The number of hydrogen-bond acceptors (Lipinski definition) is 4. The molecule has 1 heterocycles. The van der Waals surface area contributed by atoms with E-state index in [1.54, 1.807) is 29.3 Å². The molecule has 8 heteroatoms. The smallest absolute Gasteiger partial charge is 0.338 e. The summed E-state index contributed by atoms with van der Waals surface area (Å²) in [5.74, 6) is -0.566. The molecule has 0 amide bonds. The summed E-state index contributed by atoms with van der Waals surface area (Å²) in [6, 6.07) is 6.75. The molecule has 3 atom stereocenters. The van der Waals surface area contributed by atoms with Gasteiger partial charge in [-0.05, 0) is 49.7 Å². The van der Waals surface area contributed by atoms with Gasteiger partial charge in [-0.1, -0.05) is 6.07 Å². The van der Waals surface area contributed by atoms with Gasteiger partial charge in [0.05, 0.1) is 5.56 Å². The lowest BCUT2D eigenvalue weighted by atomic mass is 10.2. The lowest BCUT2D eigenvalue weighted by molar-refractivity contribution is 0.0149. The molecule has 3 rings (SSSR count). The van der Waals surface area contributed by atoms with Crippen LogP contribution in [0.4, 0.5) is 10.1 Å². The van der Waals surface area contributed by atoms with E-state index in [9.17, 15) is 9.18 Å². The van der Waals surface area contributed by atoms with E-state index in [-0.39, 0.29) is 11.8 Å². The molecule has 0 bridgehead atoms. The molecule has 25 heavy (non-hydrogen) atoms. The van der Waals surface area contributed by atoms with E-state index in [1.165, 1.54) is 0 Å². The Hall–Kier alpha value is -1.73. The second kappa shape index (κ2) is 8.10. The molecule has 1 saturated carbocycles. The maximum Gasteiger partial charge on any atom is 0.338 e. The Morgan fingerprint density at radius 3 is 2.96 bits per heavy atom. The first-order valence-electron chi connectivity index (χ1n) is 8.23. The number of carbonyl (C=O) groups excluding carboxylic acids is 1. The van der Waals surface area contributed by atoms with Gasteiger partial charge in [-0.25, -0.2) is 14.2 Å². The number of hydrogen-bond donors (Lipinski definition) is 1. The summed E-state index contributed by atoms with van der Waals surface area (Å²) in [5, 5.41) is 9.16. The van der Waals surface area contributed by atoms with Crippen molar-refractivity contribution in [3.05, 3.63) is 29.8 Å². The summed E-state index contributed by atoms with van der Waals surface area (Å²) in [6.45, 7) is 0.753. The van der Waals surface area contributed by atoms with Gasteiger partial charge in [0.15, 0.2) is 5.11 Å². The van der Waals surface area contributed by atoms with Crippen LogP contribution in [0, 0.1) is 0 Å². The van der Waals surface area contributed by atoms with E-state index >= 15 is 0 Å². The minimum atomic E-state index is -1.21. The van der Waals surface area contributed by atoms with E-state index in [4.69, 9.17) is 28.6 Å². The summed E-state index contributed by atoms with van der Waals surface area (Å²) in [7, 11) is 0. The van der Waals surface area contributed by atoms with Crippen molar-refractivity contribution < 1.29 is 13.9 Å². The van der Waals surface area contributed by atoms with Gasteiger partial charge in [-0.2, -0.15) is 5.10 Å². The molecule has 0 radical (unpaired) electrons. The maximum absolute atomic E-state index is 13.8. The molecule has 3 unspecified atom stereocenters. The van der Waals surface area contributed by atoms with Crippen LogP contribution in [0.25, 0.3) is 0 Å². The number of hydrazone groups is 1. The SMILES string of the molecule is O=C(OC1CC(Cl)CC1F)c1cccc(NC(=S)N2CCCC=N2)c1. The Kier molecular flexibility index (Phi) is 5.86. The molecule has 1 N–H and O–H groups in total. The van der Waals surface area contributed by atoms with E-state index < -0.39 is 18.2 Å². The Balaban J connectivity index is 1.62. The number of carbonyl (C=O) groups is 1. The van der Waals surface area contributed by atoms with Crippen LogP contribution < -0.4 is 5.32 Å². The van der Waals surface area contributed by atoms with Crippen molar-refractivity contribution in [2.24, 2.45) is 5.10 Å². The van der Waals surface area contributed by atoms with Gasteiger partial charge in [0.2, 0.25) is 0 Å². The van der Waals surface area contributed by atoms with E-state index in [1.807, 2.05) is 6.21 Å². The zero-order valence-electron chi connectivity index (χ0n) is 13.5. The summed E-state index contributed by atoms with van der Waals surface area (Å²) in [4.78, 5) is 12.3. The minimum absolute atomic E-state index is 0.214. The number of benzene rings is 1. The molecule has 1 fully saturated rings. The van der Waals surface area contributed by atoms with Crippen LogP contribution in [0.3, 0.4) is 0 Å². The van der Waals surface area contributed by atoms with E-state index in [0.29, 0.717) is 22.8 Å². The molecule has 0 spiro atoms. The second-order valence-corrected chi connectivity index (χ2v) is 7.11. The highest BCUT2D eigenvalue weighted by molar-refractivity contribution is 7.80. The predicted molar refractivity (Wildman–Crippen MR) is 100 cm³/mol. The van der Waals surface area contributed by atoms with Gasteiger partial charge < -0.3 is 10.1 Å². The summed E-state index contributed by atoms with van der Waals surface area (Å²) in [5.41, 5.74) is 0.985.